The van der Waals surface area contributed by atoms with Crippen molar-refractivity contribution in [1.82, 2.24) is 9.78 Å². The molecule has 0 amide bonds. The molecule has 1 aromatic heterocycles. The standard InChI is InChI=1S/C14H15ClN2O2/c1-8-13(9(2)17(3)16-8)14(18)11-7-10(15)5-6-12(11)19-4/h5-7H,1-4H3. The number of aromatic nitrogens is 2. The summed E-state index contributed by atoms with van der Waals surface area (Å²) in [6, 6.07) is 5.01. The second-order valence-corrected chi connectivity index (χ2v) is 4.78. The number of hydrogen-bond donors (Lipinski definition) is 0. The second kappa shape index (κ2) is 5.05. The first kappa shape index (κ1) is 13.6. The van der Waals surface area contributed by atoms with Gasteiger partial charge >= 0.3 is 0 Å². The molecule has 2 aromatic rings. The number of halogens is 1. The molecule has 0 atom stereocenters. The number of carbonyl (C=O) groups excluding carboxylic acids is 1. The minimum atomic E-state index is -0.123. The van der Waals surface area contributed by atoms with E-state index in [1.54, 1.807) is 22.9 Å². The lowest BCUT2D eigenvalue weighted by atomic mass is 10.0. The van der Waals surface area contributed by atoms with E-state index in [4.69, 9.17) is 16.3 Å². The van der Waals surface area contributed by atoms with E-state index in [2.05, 4.69) is 5.10 Å². The number of nitrogens with zero attached hydrogens (tertiary/aromatic N) is 2. The molecule has 0 aliphatic carbocycles. The van der Waals surface area contributed by atoms with Gasteiger partial charge in [-0.15, -0.1) is 0 Å². The monoisotopic (exact) mass is 278 g/mol. The van der Waals surface area contributed by atoms with Crippen LogP contribution >= 0.6 is 11.6 Å². The maximum Gasteiger partial charge on any atom is 0.200 e. The second-order valence-electron chi connectivity index (χ2n) is 4.34. The number of carbonyl (C=O) groups is 1. The van der Waals surface area contributed by atoms with Gasteiger partial charge in [0.2, 0.25) is 5.78 Å². The summed E-state index contributed by atoms with van der Waals surface area (Å²) in [6.07, 6.45) is 0. The molecule has 100 valence electrons. The highest BCUT2D eigenvalue weighted by Crippen LogP contribution is 2.27. The van der Waals surface area contributed by atoms with Gasteiger partial charge < -0.3 is 4.74 Å². The van der Waals surface area contributed by atoms with Crippen molar-refractivity contribution in [3.63, 3.8) is 0 Å². The smallest absolute Gasteiger partial charge is 0.200 e. The molecule has 0 bridgehead atoms. The third-order valence-electron chi connectivity index (χ3n) is 3.14. The zero-order valence-electron chi connectivity index (χ0n) is 11.3. The van der Waals surface area contributed by atoms with Crippen LogP contribution in [0.25, 0.3) is 0 Å². The molecule has 0 saturated carbocycles. The Hall–Kier alpha value is -1.81. The van der Waals surface area contributed by atoms with Crippen molar-refractivity contribution in [2.75, 3.05) is 7.11 Å². The number of ether oxygens (including phenoxy) is 1. The van der Waals surface area contributed by atoms with Gasteiger partial charge in [-0.1, -0.05) is 11.6 Å². The first-order valence-electron chi connectivity index (χ1n) is 5.84. The SMILES string of the molecule is COc1ccc(Cl)cc1C(=O)c1c(C)nn(C)c1C. The van der Waals surface area contributed by atoms with Gasteiger partial charge in [0.1, 0.15) is 5.75 Å². The van der Waals surface area contributed by atoms with Crippen molar-refractivity contribution in [2.24, 2.45) is 7.05 Å². The predicted octanol–water partition coefficient (Wildman–Crippen LogP) is 2.93. The Kier molecular flexibility index (Phi) is 3.62. The summed E-state index contributed by atoms with van der Waals surface area (Å²) >= 11 is 5.96. The van der Waals surface area contributed by atoms with Crippen LogP contribution in [-0.2, 0) is 7.05 Å². The average Bonchev–Trinajstić information content (AvgIpc) is 2.62. The molecule has 5 heteroatoms. The normalized spacial score (nSPS) is 10.6. The quantitative estimate of drug-likeness (QED) is 0.811. The lowest BCUT2D eigenvalue weighted by Crippen LogP contribution is -2.07. The molecular formula is C14H15ClN2O2. The molecular weight excluding hydrogens is 264 g/mol. The number of benzene rings is 1. The minimum absolute atomic E-state index is 0.123. The molecule has 4 nitrogen and oxygen atoms in total. The largest absolute Gasteiger partial charge is 0.496 e. The summed E-state index contributed by atoms with van der Waals surface area (Å²) in [5.74, 6) is 0.388. The van der Waals surface area contributed by atoms with Crippen LogP contribution in [0.5, 0.6) is 5.75 Å². The molecule has 1 aromatic carbocycles. The van der Waals surface area contributed by atoms with Crippen LogP contribution in [0, 0.1) is 13.8 Å². The summed E-state index contributed by atoms with van der Waals surface area (Å²) in [5, 5.41) is 4.76. The molecule has 0 aliphatic rings. The van der Waals surface area contributed by atoms with E-state index in [1.165, 1.54) is 7.11 Å². The Morgan fingerprint density at radius 2 is 2.05 bits per heavy atom. The zero-order chi connectivity index (χ0) is 14.2. The predicted molar refractivity (Wildman–Crippen MR) is 74.1 cm³/mol. The Bertz CT molecular complexity index is 647. The third kappa shape index (κ3) is 2.36. The average molecular weight is 279 g/mol. The minimum Gasteiger partial charge on any atom is -0.496 e. The topological polar surface area (TPSA) is 44.1 Å². The molecule has 0 unspecified atom stereocenters. The maximum absolute atomic E-state index is 12.6. The Morgan fingerprint density at radius 3 is 2.58 bits per heavy atom. The third-order valence-corrected chi connectivity index (χ3v) is 3.38. The van der Waals surface area contributed by atoms with Crippen molar-refractivity contribution >= 4 is 17.4 Å². The van der Waals surface area contributed by atoms with Crippen LogP contribution in [-0.4, -0.2) is 22.7 Å². The van der Waals surface area contributed by atoms with Crippen LogP contribution in [0.15, 0.2) is 18.2 Å². The lowest BCUT2D eigenvalue weighted by molar-refractivity contribution is 0.103. The zero-order valence-corrected chi connectivity index (χ0v) is 12.1. The van der Waals surface area contributed by atoms with Crippen molar-refractivity contribution < 1.29 is 9.53 Å². The molecule has 0 N–H and O–H groups in total. The van der Waals surface area contributed by atoms with Gasteiger partial charge in [0.25, 0.3) is 0 Å². The summed E-state index contributed by atoms with van der Waals surface area (Å²) in [4.78, 5) is 12.6. The highest BCUT2D eigenvalue weighted by atomic mass is 35.5. The fourth-order valence-corrected chi connectivity index (χ4v) is 2.27. The van der Waals surface area contributed by atoms with Gasteiger partial charge in [-0.3, -0.25) is 9.48 Å². The Labute approximate surface area is 116 Å². The van der Waals surface area contributed by atoms with E-state index in [-0.39, 0.29) is 5.78 Å². The van der Waals surface area contributed by atoms with Gasteiger partial charge in [-0.25, -0.2) is 0 Å². The van der Waals surface area contributed by atoms with Gasteiger partial charge in [0.05, 0.1) is 23.9 Å². The summed E-state index contributed by atoms with van der Waals surface area (Å²) in [7, 11) is 3.34. The summed E-state index contributed by atoms with van der Waals surface area (Å²) in [5.41, 5.74) is 2.58. The number of ketones is 1. The van der Waals surface area contributed by atoms with E-state index in [0.717, 1.165) is 5.69 Å². The molecule has 0 saturated heterocycles. The fraction of sp³-hybridized carbons (Fsp3) is 0.286. The van der Waals surface area contributed by atoms with E-state index in [1.807, 2.05) is 20.9 Å². The first-order valence-corrected chi connectivity index (χ1v) is 6.22. The molecule has 0 fully saturated rings. The highest BCUT2D eigenvalue weighted by Gasteiger charge is 2.22. The first-order chi connectivity index (χ1) is 8.95. The Morgan fingerprint density at radius 1 is 1.37 bits per heavy atom. The molecule has 0 aliphatic heterocycles. The Balaban J connectivity index is 2.59. The van der Waals surface area contributed by atoms with Crippen LogP contribution in [0.1, 0.15) is 27.3 Å². The summed E-state index contributed by atoms with van der Waals surface area (Å²) < 4.78 is 6.92. The number of methoxy groups -OCH3 is 1. The van der Waals surface area contributed by atoms with E-state index < -0.39 is 0 Å². The lowest BCUT2D eigenvalue weighted by Gasteiger charge is -2.08. The van der Waals surface area contributed by atoms with E-state index in [9.17, 15) is 4.79 Å². The van der Waals surface area contributed by atoms with E-state index >= 15 is 0 Å². The van der Waals surface area contributed by atoms with Gasteiger partial charge in [-0.2, -0.15) is 5.10 Å². The maximum atomic E-state index is 12.6. The number of aryl methyl sites for hydroxylation is 2. The molecule has 2 rings (SSSR count). The number of hydrogen-bond acceptors (Lipinski definition) is 3. The fourth-order valence-electron chi connectivity index (χ4n) is 2.09. The molecule has 0 radical (unpaired) electrons. The molecule has 19 heavy (non-hydrogen) atoms. The van der Waals surface area contributed by atoms with Crippen molar-refractivity contribution in [2.45, 2.75) is 13.8 Å². The van der Waals surface area contributed by atoms with Gasteiger partial charge in [-0.05, 0) is 32.0 Å². The van der Waals surface area contributed by atoms with Crippen LogP contribution < -0.4 is 4.74 Å². The molecule has 0 spiro atoms. The van der Waals surface area contributed by atoms with Gasteiger partial charge in [0, 0.05) is 17.8 Å². The molecule has 1 heterocycles. The van der Waals surface area contributed by atoms with Crippen LogP contribution in [0.2, 0.25) is 5.02 Å². The van der Waals surface area contributed by atoms with Crippen LogP contribution in [0.4, 0.5) is 0 Å². The van der Waals surface area contributed by atoms with Crippen molar-refractivity contribution in [3.05, 3.63) is 45.7 Å². The van der Waals surface area contributed by atoms with Crippen LogP contribution in [0.3, 0.4) is 0 Å². The number of rotatable bonds is 3. The van der Waals surface area contributed by atoms with Gasteiger partial charge in [0.15, 0.2) is 0 Å². The van der Waals surface area contributed by atoms with E-state index in [0.29, 0.717) is 27.6 Å². The van der Waals surface area contributed by atoms with Crippen molar-refractivity contribution in [3.8, 4) is 5.75 Å². The van der Waals surface area contributed by atoms with Crippen molar-refractivity contribution in [1.29, 1.82) is 0 Å². The highest BCUT2D eigenvalue weighted by molar-refractivity contribution is 6.31. The summed E-state index contributed by atoms with van der Waals surface area (Å²) in [6.45, 7) is 3.68.